The summed E-state index contributed by atoms with van der Waals surface area (Å²) in [6.45, 7) is 4.70. The third kappa shape index (κ3) is 3.17. The predicted molar refractivity (Wildman–Crippen MR) is 126 cm³/mol. The van der Waals surface area contributed by atoms with Crippen LogP contribution >= 0.6 is 11.8 Å². The van der Waals surface area contributed by atoms with Gasteiger partial charge in [0, 0.05) is 59.6 Å². The van der Waals surface area contributed by atoms with Gasteiger partial charge in [-0.25, -0.2) is 9.97 Å². The molecule has 4 aromatic rings. The first-order chi connectivity index (χ1) is 15.6. The Morgan fingerprint density at radius 2 is 1.94 bits per heavy atom. The fourth-order valence-corrected chi connectivity index (χ4v) is 6.11. The first-order valence-electron chi connectivity index (χ1n) is 11.1. The highest BCUT2D eigenvalue weighted by molar-refractivity contribution is 7.99. The lowest BCUT2D eigenvalue weighted by atomic mass is 9.73. The topological polar surface area (TPSA) is 81.6 Å². The third-order valence-corrected chi connectivity index (χ3v) is 8.17. The first-order valence-corrected chi connectivity index (χ1v) is 11.9. The molecule has 3 aromatic heterocycles. The minimum atomic E-state index is 0.0994. The number of pyridine rings is 1. The van der Waals surface area contributed by atoms with Gasteiger partial charge in [0.1, 0.15) is 0 Å². The average Bonchev–Trinajstić information content (AvgIpc) is 3.42. The Morgan fingerprint density at radius 3 is 2.75 bits per heavy atom. The normalized spacial score (nSPS) is 22.9. The van der Waals surface area contributed by atoms with Crippen LogP contribution in [0.4, 0.5) is 5.95 Å². The minimum absolute atomic E-state index is 0.0994. The summed E-state index contributed by atoms with van der Waals surface area (Å²) in [7, 11) is 0. The molecule has 2 N–H and O–H groups in total. The highest BCUT2D eigenvalue weighted by atomic mass is 32.2. The summed E-state index contributed by atoms with van der Waals surface area (Å²) in [5, 5.41) is 1.14. The maximum atomic E-state index is 6.50. The molecule has 0 bridgehead atoms. The van der Waals surface area contributed by atoms with E-state index >= 15 is 0 Å². The van der Waals surface area contributed by atoms with Gasteiger partial charge in [-0.3, -0.25) is 9.38 Å². The molecule has 8 heteroatoms. The van der Waals surface area contributed by atoms with Gasteiger partial charge in [0.15, 0.2) is 5.65 Å². The summed E-state index contributed by atoms with van der Waals surface area (Å²) < 4.78 is 7.99. The molecular weight excluding hydrogens is 420 g/mol. The van der Waals surface area contributed by atoms with E-state index in [0.29, 0.717) is 0 Å². The number of hydrogen-bond acceptors (Lipinski definition) is 7. The molecule has 2 atom stereocenters. The molecule has 1 aromatic carbocycles. The second-order valence-electron chi connectivity index (χ2n) is 8.86. The number of benzene rings is 1. The highest BCUT2D eigenvalue weighted by Crippen LogP contribution is 2.42. The van der Waals surface area contributed by atoms with Crippen molar-refractivity contribution in [1.82, 2.24) is 19.4 Å². The van der Waals surface area contributed by atoms with Crippen molar-refractivity contribution in [2.45, 2.75) is 41.7 Å². The van der Waals surface area contributed by atoms with Crippen molar-refractivity contribution < 1.29 is 4.74 Å². The Balaban J connectivity index is 1.29. The fourth-order valence-electron chi connectivity index (χ4n) is 5.10. The van der Waals surface area contributed by atoms with E-state index in [1.54, 1.807) is 11.8 Å². The Bertz CT molecular complexity index is 1280. The number of ether oxygens (including phenoxy) is 1. The second-order valence-corrected chi connectivity index (χ2v) is 9.95. The Hall–Kier alpha value is -2.68. The third-order valence-electron chi connectivity index (χ3n) is 7.09. The molecule has 0 aliphatic carbocycles. The number of imidazole rings is 1. The van der Waals surface area contributed by atoms with Crippen molar-refractivity contribution in [1.29, 1.82) is 0 Å². The van der Waals surface area contributed by atoms with Crippen molar-refractivity contribution in [3.8, 4) is 0 Å². The van der Waals surface area contributed by atoms with Gasteiger partial charge in [-0.15, -0.1) is 0 Å². The van der Waals surface area contributed by atoms with E-state index in [0.717, 1.165) is 64.8 Å². The van der Waals surface area contributed by atoms with Gasteiger partial charge in [0.2, 0.25) is 5.95 Å². The van der Waals surface area contributed by atoms with Crippen LogP contribution in [0, 0.1) is 5.41 Å². The lowest BCUT2D eigenvalue weighted by Crippen LogP contribution is -2.51. The van der Waals surface area contributed by atoms with E-state index in [1.807, 2.05) is 43.0 Å². The van der Waals surface area contributed by atoms with Crippen LogP contribution in [0.25, 0.3) is 16.6 Å². The van der Waals surface area contributed by atoms with E-state index in [9.17, 15) is 0 Å². The Kier molecular flexibility index (Phi) is 4.82. The number of piperidine rings is 1. The van der Waals surface area contributed by atoms with Crippen molar-refractivity contribution in [3.05, 3.63) is 55.1 Å². The van der Waals surface area contributed by atoms with Gasteiger partial charge < -0.3 is 15.4 Å². The fraction of sp³-hybridized carbons (Fsp3) is 0.375. The Morgan fingerprint density at radius 1 is 1.06 bits per heavy atom. The molecule has 2 aliphatic heterocycles. The van der Waals surface area contributed by atoms with E-state index in [1.165, 1.54) is 0 Å². The molecular formula is C24H26N6OS. The molecule has 5 heterocycles. The monoisotopic (exact) mass is 446 g/mol. The van der Waals surface area contributed by atoms with Gasteiger partial charge in [0.25, 0.3) is 0 Å². The maximum Gasteiger partial charge on any atom is 0.211 e. The van der Waals surface area contributed by atoms with E-state index < -0.39 is 0 Å². The quantitative estimate of drug-likeness (QED) is 0.513. The lowest BCUT2D eigenvalue weighted by Gasteiger charge is -2.41. The van der Waals surface area contributed by atoms with Crippen molar-refractivity contribution in [2.75, 3.05) is 24.6 Å². The Labute approximate surface area is 191 Å². The number of aromatic nitrogens is 4. The van der Waals surface area contributed by atoms with Crippen molar-refractivity contribution >= 4 is 34.3 Å². The maximum absolute atomic E-state index is 6.50. The summed E-state index contributed by atoms with van der Waals surface area (Å²) in [6.07, 6.45) is 9.82. The number of nitrogens with zero attached hydrogens (tertiary/aromatic N) is 5. The summed E-state index contributed by atoms with van der Waals surface area (Å²) >= 11 is 1.68. The molecule has 164 valence electrons. The molecule has 1 spiro atoms. The van der Waals surface area contributed by atoms with E-state index in [4.69, 9.17) is 15.5 Å². The molecule has 2 fully saturated rings. The first kappa shape index (κ1) is 20.0. The highest BCUT2D eigenvalue weighted by Gasteiger charge is 2.47. The van der Waals surface area contributed by atoms with Crippen LogP contribution in [0.15, 0.2) is 64.9 Å². The predicted octanol–water partition coefficient (Wildman–Crippen LogP) is 3.76. The molecule has 0 radical (unpaired) electrons. The van der Waals surface area contributed by atoms with Crippen molar-refractivity contribution in [3.63, 3.8) is 0 Å². The molecule has 7 nitrogen and oxygen atoms in total. The molecule has 2 saturated heterocycles. The average molecular weight is 447 g/mol. The van der Waals surface area contributed by atoms with Gasteiger partial charge >= 0.3 is 0 Å². The number of fused-ring (bicyclic) bond motifs is 2. The van der Waals surface area contributed by atoms with Crippen LogP contribution in [0.3, 0.4) is 0 Å². The van der Waals surface area contributed by atoms with Crippen LogP contribution in [0.1, 0.15) is 19.8 Å². The molecule has 2 aliphatic rings. The number of rotatable bonds is 3. The van der Waals surface area contributed by atoms with Crippen LogP contribution < -0.4 is 10.6 Å². The summed E-state index contributed by atoms with van der Waals surface area (Å²) in [4.78, 5) is 18.6. The van der Waals surface area contributed by atoms with Crippen LogP contribution in [0.2, 0.25) is 0 Å². The zero-order valence-corrected chi connectivity index (χ0v) is 18.8. The summed E-state index contributed by atoms with van der Waals surface area (Å²) in [5.41, 5.74) is 8.52. The largest absolute Gasteiger partial charge is 0.376 e. The van der Waals surface area contributed by atoms with Gasteiger partial charge in [-0.2, -0.15) is 0 Å². The van der Waals surface area contributed by atoms with Crippen LogP contribution in [0.5, 0.6) is 0 Å². The second kappa shape index (κ2) is 7.72. The molecule has 0 amide bonds. The molecule has 32 heavy (non-hydrogen) atoms. The number of hydrogen-bond donors (Lipinski definition) is 1. The van der Waals surface area contributed by atoms with Crippen LogP contribution in [-0.2, 0) is 4.74 Å². The zero-order chi connectivity index (χ0) is 21.7. The molecule has 0 saturated carbocycles. The van der Waals surface area contributed by atoms with Gasteiger partial charge in [-0.1, -0.05) is 23.9 Å². The smallest absolute Gasteiger partial charge is 0.211 e. The molecule has 0 unspecified atom stereocenters. The van der Waals surface area contributed by atoms with E-state index in [-0.39, 0.29) is 17.6 Å². The van der Waals surface area contributed by atoms with Gasteiger partial charge in [-0.05, 0) is 38.0 Å². The van der Waals surface area contributed by atoms with Crippen molar-refractivity contribution in [2.24, 2.45) is 11.1 Å². The van der Waals surface area contributed by atoms with Gasteiger partial charge in [0.05, 0.1) is 23.1 Å². The summed E-state index contributed by atoms with van der Waals surface area (Å²) in [6, 6.07) is 10.4. The molecule has 6 rings (SSSR count). The zero-order valence-electron chi connectivity index (χ0n) is 18.0. The summed E-state index contributed by atoms with van der Waals surface area (Å²) in [5.74, 6) is 0.942. The minimum Gasteiger partial charge on any atom is -0.376 e. The lowest BCUT2D eigenvalue weighted by molar-refractivity contribution is 0.0973. The SMILES string of the molecule is C[C@@H]1OCC2(CCN(c3ncc(Sc4cccc5ncccc45)c4nccn34)CC2)[C@@H]1N. The van der Waals surface area contributed by atoms with E-state index in [2.05, 4.69) is 38.3 Å². The standard InChI is InChI=1S/C24H26N6OS/c1-16-21(25)24(15-31-16)7-11-29(12-8-24)23-28-14-20(22-27-10-13-30(22)23)32-19-6-2-5-18-17(19)4-3-9-26-18/h2-6,9-10,13-14,16,21H,7-8,11-12,15,25H2,1H3/t16-,21+/m0/s1. The number of nitrogens with two attached hydrogens (primary N) is 1. The number of anilines is 1. The van der Waals surface area contributed by atoms with Crippen LogP contribution in [-0.4, -0.2) is 51.2 Å².